The van der Waals surface area contributed by atoms with Crippen LogP contribution in [0.4, 0.5) is 26.3 Å². The monoisotopic (exact) mass is 354 g/mol. The first-order chi connectivity index (χ1) is 11.1. The van der Waals surface area contributed by atoms with E-state index in [-0.39, 0.29) is 5.92 Å². The van der Waals surface area contributed by atoms with E-state index >= 15 is 0 Å². The molecule has 0 amide bonds. The molecule has 1 aromatic rings. The van der Waals surface area contributed by atoms with Crippen LogP contribution in [-0.4, -0.2) is 18.5 Å². The molecule has 1 aromatic carbocycles. The largest absolute Gasteiger partial charge is 0.430 e. The van der Waals surface area contributed by atoms with Gasteiger partial charge in [0.25, 0.3) is 5.60 Å². The van der Waals surface area contributed by atoms with E-state index < -0.39 is 29.6 Å². The zero-order chi connectivity index (χ0) is 18.0. The Balaban J connectivity index is 2.45. The lowest BCUT2D eigenvalue weighted by atomic mass is 9.84. The van der Waals surface area contributed by atoms with Gasteiger partial charge in [-0.2, -0.15) is 26.3 Å². The van der Waals surface area contributed by atoms with E-state index in [1.54, 1.807) is 0 Å². The number of halogens is 6. The quantitative estimate of drug-likeness (QED) is 0.603. The van der Waals surface area contributed by atoms with Gasteiger partial charge in [-0.15, -0.1) is 0 Å². The summed E-state index contributed by atoms with van der Waals surface area (Å²) < 4.78 is 86.7. The van der Waals surface area contributed by atoms with Gasteiger partial charge in [0.15, 0.2) is 0 Å². The summed E-state index contributed by atoms with van der Waals surface area (Å²) in [6, 6.07) is 5.29. The van der Waals surface area contributed by atoms with Gasteiger partial charge < -0.3 is 4.74 Å². The van der Waals surface area contributed by atoms with Gasteiger partial charge in [0, 0.05) is 5.56 Å². The average Bonchev–Trinajstić information content (AvgIpc) is 2.51. The number of benzene rings is 1. The highest BCUT2D eigenvalue weighted by Crippen LogP contribution is 2.54. The van der Waals surface area contributed by atoms with Crippen LogP contribution in [0.1, 0.15) is 44.6 Å². The van der Waals surface area contributed by atoms with E-state index in [0.29, 0.717) is 12.8 Å². The van der Waals surface area contributed by atoms with Crippen molar-refractivity contribution in [3.05, 3.63) is 35.9 Å². The van der Waals surface area contributed by atoms with Gasteiger partial charge in [0.2, 0.25) is 0 Å². The number of hydrogen-bond acceptors (Lipinski definition) is 1. The van der Waals surface area contributed by atoms with Gasteiger partial charge in [0.05, 0.1) is 6.10 Å². The van der Waals surface area contributed by atoms with Crippen LogP contribution >= 0.6 is 0 Å². The maximum atomic E-state index is 13.6. The van der Waals surface area contributed by atoms with E-state index in [1.807, 2.05) is 0 Å². The lowest BCUT2D eigenvalue weighted by Crippen LogP contribution is -2.57. The summed E-state index contributed by atoms with van der Waals surface area (Å²) in [5, 5.41) is 0. The molecule has 2 rings (SSSR count). The fourth-order valence-corrected chi connectivity index (χ4v) is 3.34. The SMILES string of the molecule is CC(OC(c1ccccc1)(C(F)(F)F)C(F)(F)F)C1CCCCC1. The Labute approximate surface area is 137 Å². The van der Waals surface area contributed by atoms with Crippen LogP contribution in [0.5, 0.6) is 0 Å². The van der Waals surface area contributed by atoms with Crippen LogP contribution in [0.25, 0.3) is 0 Å². The molecular formula is C17H20F6O. The van der Waals surface area contributed by atoms with Crippen LogP contribution < -0.4 is 0 Å². The standard InChI is InChI=1S/C17H20F6O/c1-12(13-8-4-2-5-9-13)24-15(16(18,19)20,17(21,22)23)14-10-6-3-7-11-14/h3,6-7,10-13H,2,4-5,8-9H2,1H3. The molecule has 0 heterocycles. The Morgan fingerprint density at radius 3 is 1.83 bits per heavy atom. The molecule has 1 nitrogen and oxygen atoms in total. The first kappa shape index (κ1) is 19.1. The minimum Gasteiger partial charge on any atom is -0.351 e. The Morgan fingerprint density at radius 1 is 0.875 bits per heavy atom. The fraction of sp³-hybridized carbons (Fsp3) is 0.647. The van der Waals surface area contributed by atoms with Crippen molar-refractivity contribution in [3.63, 3.8) is 0 Å². The van der Waals surface area contributed by atoms with Crippen LogP contribution in [-0.2, 0) is 10.3 Å². The van der Waals surface area contributed by atoms with Crippen molar-refractivity contribution in [2.24, 2.45) is 5.92 Å². The summed E-state index contributed by atoms with van der Waals surface area (Å²) in [5.41, 5.74) is -5.24. The molecule has 136 valence electrons. The fourth-order valence-electron chi connectivity index (χ4n) is 3.34. The molecule has 1 unspecified atom stereocenters. The van der Waals surface area contributed by atoms with E-state index in [1.165, 1.54) is 13.0 Å². The van der Waals surface area contributed by atoms with E-state index in [2.05, 4.69) is 0 Å². The Morgan fingerprint density at radius 2 is 1.38 bits per heavy atom. The van der Waals surface area contributed by atoms with Gasteiger partial charge >= 0.3 is 12.4 Å². The molecule has 7 heteroatoms. The van der Waals surface area contributed by atoms with Crippen LogP contribution in [0.2, 0.25) is 0 Å². The second-order valence-corrected chi connectivity index (χ2v) is 6.26. The molecule has 0 saturated heterocycles. The van der Waals surface area contributed by atoms with Gasteiger partial charge in [-0.25, -0.2) is 0 Å². The van der Waals surface area contributed by atoms with Crippen LogP contribution in [0, 0.1) is 5.92 Å². The summed E-state index contributed by atoms with van der Waals surface area (Å²) in [5.74, 6) is -0.300. The second kappa shape index (κ2) is 6.94. The van der Waals surface area contributed by atoms with Crippen LogP contribution in [0.15, 0.2) is 30.3 Å². The van der Waals surface area contributed by atoms with E-state index in [9.17, 15) is 26.3 Å². The summed E-state index contributed by atoms with van der Waals surface area (Å²) in [4.78, 5) is 0. The maximum absolute atomic E-state index is 13.6. The molecule has 1 aliphatic rings. The van der Waals surface area contributed by atoms with Crippen molar-refractivity contribution >= 4 is 0 Å². The Hall–Kier alpha value is -1.24. The van der Waals surface area contributed by atoms with Gasteiger partial charge in [-0.05, 0) is 25.7 Å². The zero-order valence-corrected chi connectivity index (χ0v) is 13.3. The first-order valence-corrected chi connectivity index (χ1v) is 7.96. The number of rotatable bonds is 4. The summed E-state index contributed by atoms with van der Waals surface area (Å²) >= 11 is 0. The third-order valence-electron chi connectivity index (χ3n) is 4.66. The number of ether oxygens (including phenoxy) is 1. The van der Waals surface area contributed by atoms with Crippen molar-refractivity contribution in [1.29, 1.82) is 0 Å². The third kappa shape index (κ3) is 3.55. The molecule has 1 saturated carbocycles. The first-order valence-electron chi connectivity index (χ1n) is 7.96. The average molecular weight is 354 g/mol. The molecule has 0 aliphatic heterocycles. The molecule has 1 aliphatic carbocycles. The highest BCUT2D eigenvalue weighted by atomic mass is 19.4. The van der Waals surface area contributed by atoms with Gasteiger partial charge in [-0.1, -0.05) is 49.6 Å². The van der Waals surface area contributed by atoms with Crippen LogP contribution in [0.3, 0.4) is 0 Å². The van der Waals surface area contributed by atoms with Crippen molar-refractivity contribution < 1.29 is 31.1 Å². The molecule has 0 bridgehead atoms. The molecule has 0 radical (unpaired) electrons. The van der Waals surface area contributed by atoms with Crippen molar-refractivity contribution in [2.75, 3.05) is 0 Å². The lowest BCUT2D eigenvalue weighted by Gasteiger charge is -2.41. The summed E-state index contributed by atoms with van der Waals surface area (Å²) in [6.45, 7) is 1.31. The second-order valence-electron chi connectivity index (χ2n) is 6.26. The van der Waals surface area contributed by atoms with E-state index in [0.717, 1.165) is 43.5 Å². The predicted molar refractivity (Wildman–Crippen MR) is 77.4 cm³/mol. The molecule has 1 fully saturated rings. The molecular weight excluding hydrogens is 334 g/mol. The molecule has 24 heavy (non-hydrogen) atoms. The Kier molecular flexibility index (Phi) is 5.52. The molecule has 1 atom stereocenters. The highest BCUT2D eigenvalue weighted by Gasteiger charge is 2.74. The predicted octanol–water partition coefficient (Wildman–Crippen LogP) is 5.99. The minimum atomic E-state index is -5.62. The summed E-state index contributed by atoms with van der Waals surface area (Å²) in [7, 11) is 0. The smallest absolute Gasteiger partial charge is 0.351 e. The molecule has 0 aromatic heterocycles. The lowest BCUT2D eigenvalue weighted by molar-refractivity contribution is -0.400. The van der Waals surface area contributed by atoms with Gasteiger partial charge in [-0.3, -0.25) is 0 Å². The maximum Gasteiger partial charge on any atom is 0.430 e. The highest BCUT2D eigenvalue weighted by molar-refractivity contribution is 5.27. The van der Waals surface area contributed by atoms with E-state index in [4.69, 9.17) is 4.74 Å². The third-order valence-corrected chi connectivity index (χ3v) is 4.66. The van der Waals surface area contributed by atoms with Crippen molar-refractivity contribution in [2.45, 2.75) is 63.1 Å². The Bertz CT molecular complexity index is 502. The van der Waals surface area contributed by atoms with Crippen molar-refractivity contribution in [3.8, 4) is 0 Å². The molecule has 0 spiro atoms. The van der Waals surface area contributed by atoms with Gasteiger partial charge in [0.1, 0.15) is 0 Å². The normalized spacial score (nSPS) is 19.3. The number of alkyl halides is 6. The zero-order valence-electron chi connectivity index (χ0n) is 13.3. The van der Waals surface area contributed by atoms with Crippen molar-refractivity contribution in [1.82, 2.24) is 0 Å². The topological polar surface area (TPSA) is 9.23 Å². The molecule has 0 N–H and O–H groups in total. The minimum absolute atomic E-state index is 0.300. The summed E-state index contributed by atoms with van der Waals surface area (Å²) in [6.07, 6.45) is -8.65. The number of hydrogen-bond donors (Lipinski definition) is 0.